The van der Waals surface area contributed by atoms with Crippen molar-refractivity contribution in [2.75, 3.05) is 14.1 Å². The molecule has 0 saturated carbocycles. The molecule has 0 aliphatic rings. The SMILES string of the molecule is Cc1cc(-c2ccc(=O)[nH]c2)nc2cc(CC(=O)N(C)C)ccc12. The molecule has 0 fully saturated rings. The number of carbonyl (C=O) groups excluding carboxylic acids is 1. The number of pyridine rings is 2. The van der Waals surface area contributed by atoms with Gasteiger partial charge in [-0.25, -0.2) is 4.98 Å². The van der Waals surface area contributed by atoms with Crippen LogP contribution < -0.4 is 5.56 Å². The summed E-state index contributed by atoms with van der Waals surface area (Å²) in [7, 11) is 3.50. The monoisotopic (exact) mass is 321 g/mol. The van der Waals surface area contributed by atoms with Crippen molar-refractivity contribution < 1.29 is 4.79 Å². The number of nitrogens with one attached hydrogen (secondary N) is 1. The molecule has 0 unspecified atom stereocenters. The maximum absolute atomic E-state index is 11.9. The zero-order chi connectivity index (χ0) is 17.3. The van der Waals surface area contributed by atoms with E-state index < -0.39 is 0 Å². The van der Waals surface area contributed by atoms with Crippen LogP contribution in [0.15, 0.2) is 47.4 Å². The molecule has 1 amide bonds. The Morgan fingerprint density at radius 1 is 1.17 bits per heavy atom. The van der Waals surface area contributed by atoms with Crippen LogP contribution in [0.5, 0.6) is 0 Å². The van der Waals surface area contributed by atoms with Gasteiger partial charge in [-0.2, -0.15) is 0 Å². The number of hydrogen-bond donors (Lipinski definition) is 1. The van der Waals surface area contributed by atoms with Crippen molar-refractivity contribution in [2.24, 2.45) is 0 Å². The first-order chi connectivity index (χ1) is 11.4. The van der Waals surface area contributed by atoms with Crippen LogP contribution in [0, 0.1) is 6.92 Å². The second kappa shape index (κ2) is 6.28. The highest BCUT2D eigenvalue weighted by Gasteiger charge is 2.09. The van der Waals surface area contributed by atoms with Crippen molar-refractivity contribution in [1.82, 2.24) is 14.9 Å². The van der Waals surface area contributed by atoms with E-state index in [-0.39, 0.29) is 11.5 Å². The van der Waals surface area contributed by atoms with Gasteiger partial charge in [0.2, 0.25) is 11.5 Å². The van der Waals surface area contributed by atoms with E-state index in [1.165, 1.54) is 6.07 Å². The molecule has 0 bridgehead atoms. The highest BCUT2D eigenvalue weighted by atomic mass is 16.2. The van der Waals surface area contributed by atoms with E-state index in [0.29, 0.717) is 6.42 Å². The number of likely N-dealkylation sites (N-methyl/N-ethyl adjacent to an activating group) is 1. The molecule has 3 rings (SSSR count). The van der Waals surface area contributed by atoms with E-state index in [1.54, 1.807) is 31.3 Å². The lowest BCUT2D eigenvalue weighted by molar-refractivity contribution is -0.127. The van der Waals surface area contributed by atoms with E-state index >= 15 is 0 Å². The molecule has 1 N–H and O–H groups in total. The van der Waals surface area contributed by atoms with E-state index in [9.17, 15) is 9.59 Å². The highest BCUT2D eigenvalue weighted by molar-refractivity contribution is 5.87. The molecule has 0 aliphatic heterocycles. The van der Waals surface area contributed by atoms with Crippen molar-refractivity contribution in [3.05, 3.63) is 64.1 Å². The van der Waals surface area contributed by atoms with E-state index in [1.807, 2.05) is 31.2 Å². The van der Waals surface area contributed by atoms with Crippen LogP contribution in [0.4, 0.5) is 0 Å². The predicted octanol–water partition coefficient (Wildman–Crippen LogP) is 2.53. The van der Waals surface area contributed by atoms with Crippen LogP contribution in [-0.2, 0) is 11.2 Å². The Morgan fingerprint density at radius 3 is 2.62 bits per heavy atom. The molecule has 5 nitrogen and oxygen atoms in total. The zero-order valence-electron chi connectivity index (χ0n) is 14.0. The molecule has 0 aliphatic carbocycles. The fourth-order valence-corrected chi connectivity index (χ4v) is 2.61. The highest BCUT2D eigenvalue weighted by Crippen LogP contribution is 2.24. The average molecular weight is 321 g/mol. The molecular weight excluding hydrogens is 302 g/mol. The number of amides is 1. The Morgan fingerprint density at radius 2 is 1.96 bits per heavy atom. The number of rotatable bonds is 3. The summed E-state index contributed by atoms with van der Waals surface area (Å²) in [4.78, 5) is 32.1. The van der Waals surface area contributed by atoms with Crippen LogP contribution in [0.1, 0.15) is 11.1 Å². The van der Waals surface area contributed by atoms with Crippen molar-refractivity contribution in [2.45, 2.75) is 13.3 Å². The minimum absolute atomic E-state index is 0.0582. The zero-order valence-corrected chi connectivity index (χ0v) is 14.0. The van der Waals surface area contributed by atoms with E-state index in [4.69, 9.17) is 4.98 Å². The van der Waals surface area contributed by atoms with Crippen LogP contribution in [0.2, 0.25) is 0 Å². The number of benzene rings is 1. The van der Waals surface area contributed by atoms with Crippen LogP contribution in [-0.4, -0.2) is 34.9 Å². The second-order valence-corrected chi connectivity index (χ2v) is 6.08. The maximum Gasteiger partial charge on any atom is 0.247 e. The summed E-state index contributed by atoms with van der Waals surface area (Å²) in [5.41, 5.74) is 4.40. The van der Waals surface area contributed by atoms with Crippen LogP contribution >= 0.6 is 0 Å². The third-order valence-corrected chi connectivity index (χ3v) is 4.02. The van der Waals surface area contributed by atoms with Gasteiger partial charge in [-0.15, -0.1) is 0 Å². The molecule has 0 atom stereocenters. The molecule has 0 spiro atoms. The normalized spacial score (nSPS) is 10.8. The van der Waals surface area contributed by atoms with E-state index in [2.05, 4.69) is 4.98 Å². The average Bonchev–Trinajstić information content (AvgIpc) is 2.55. The van der Waals surface area contributed by atoms with Crippen molar-refractivity contribution in [1.29, 1.82) is 0 Å². The molecule has 122 valence electrons. The summed E-state index contributed by atoms with van der Waals surface area (Å²) >= 11 is 0. The van der Waals surface area contributed by atoms with Gasteiger partial charge in [-0.05, 0) is 36.2 Å². The number of aromatic amines is 1. The van der Waals surface area contributed by atoms with Gasteiger partial charge < -0.3 is 9.88 Å². The summed E-state index contributed by atoms with van der Waals surface area (Å²) in [6.07, 6.45) is 2.02. The maximum atomic E-state index is 11.9. The largest absolute Gasteiger partial charge is 0.349 e. The number of aromatic nitrogens is 2. The smallest absolute Gasteiger partial charge is 0.247 e. The Bertz CT molecular complexity index is 954. The van der Waals surface area contributed by atoms with Gasteiger partial charge in [0.25, 0.3) is 0 Å². The quantitative estimate of drug-likeness (QED) is 0.806. The summed E-state index contributed by atoms with van der Waals surface area (Å²) in [6, 6.07) is 11.2. The number of nitrogens with zero attached hydrogens (tertiary/aromatic N) is 2. The van der Waals surface area contributed by atoms with Crippen LogP contribution in [0.25, 0.3) is 22.2 Å². The first-order valence-corrected chi connectivity index (χ1v) is 7.73. The Kier molecular flexibility index (Phi) is 4.16. The molecule has 2 heterocycles. The summed E-state index contributed by atoms with van der Waals surface area (Å²) in [6.45, 7) is 2.03. The summed E-state index contributed by atoms with van der Waals surface area (Å²) < 4.78 is 0. The topological polar surface area (TPSA) is 66.1 Å². The minimum Gasteiger partial charge on any atom is -0.349 e. The van der Waals surface area contributed by atoms with Gasteiger partial charge >= 0.3 is 0 Å². The molecule has 0 radical (unpaired) electrons. The third-order valence-electron chi connectivity index (χ3n) is 4.02. The van der Waals surface area contributed by atoms with Crippen molar-refractivity contribution in [3.63, 3.8) is 0 Å². The Hall–Kier alpha value is -2.95. The van der Waals surface area contributed by atoms with Crippen molar-refractivity contribution >= 4 is 16.8 Å². The number of carbonyl (C=O) groups is 1. The molecule has 24 heavy (non-hydrogen) atoms. The van der Waals surface area contributed by atoms with Crippen LogP contribution in [0.3, 0.4) is 0 Å². The fourth-order valence-electron chi connectivity index (χ4n) is 2.61. The van der Waals surface area contributed by atoms with Gasteiger partial charge in [0.05, 0.1) is 17.6 Å². The Balaban J connectivity index is 2.06. The third kappa shape index (κ3) is 3.20. The van der Waals surface area contributed by atoms with Gasteiger partial charge in [0, 0.05) is 37.3 Å². The van der Waals surface area contributed by atoms with Gasteiger partial charge in [-0.1, -0.05) is 12.1 Å². The molecule has 2 aromatic heterocycles. The molecular formula is C19H19N3O2. The molecule has 3 aromatic rings. The standard InChI is InChI=1S/C19H19N3O2/c1-12-8-16(14-5-7-18(23)20-11-14)21-17-9-13(4-6-15(12)17)10-19(24)22(2)3/h4-9,11H,10H2,1-3H3,(H,20,23). The molecule has 5 heteroatoms. The summed E-state index contributed by atoms with van der Waals surface area (Å²) in [5.74, 6) is 0.0582. The summed E-state index contributed by atoms with van der Waals surface area (Å²) in [5, 5.41) is 1.06. The van der Waals surface area contributed by atoms with Crippen molar-refractivity contribution in [3.8, 4) is 11.3 Å². The Labute approximate surface area is 140 Å². The lowest BCUT2D eigenvalue weighted by atomic mass is 10.0. The minimum atomic E-state index is -0.138. The lowest BCUT2D eigenvalue weighted by Crippen LogP contribution is -2.23. The second-order valence-electron chi connectivity index (χ2n) is 6.08. The number of H-pyrrole nitrogens is 1. The fraction of sp³-hybridized carbons (Fsp3) is 0.211. The molecule has 1 aromatic carbocycles. The first kappa shape index (κ1) is 15.9. The number of fused-ring (bicyclic) bond motifs is 1. The van der Waals surface area contributed by atoms with E-state index in [0.717, 1.165) is 33.3 Å². The predicted molar refractivity (Wildman–Crippen MR) is 94.9 cm³/mol. The number of aryl methyl sites for hydroxylation is 1. The molecule has 0 saturated heterocycles. The van der Waals surface area contributed by atoms with Gasteiger partial charge in [0.15, 0.2) is 0 Å². The van der Waals surface area contributed by atoms with Gasteiger partial charge in [0.1, 0.15) is 0 Å². The first-order valence-electron chi connectivity index (χ1n) is 7.73. The van der Waals surface area contributed by atoms with Gasteiger partial charge in [-0.3, -0.25) is 9.59 Å². The lowest BCUT2D eigenvalue weighted by Gasteiger charge is -2.11. The number of hydrogen-bond acceptors (Lipinski definition) is 3.